The summed E-state index contributed by atoms with van der Waals surface area (Å²) in [6, 6.07) is 6.41. The number of carbonyl (C=O) groups is 1. The molecular weight excluding hydrogens is 298 g/mol. The van der Waals surface area contributed by atoms with Crippen LogP contribution < -0.4 is 5.32 Å². The molecule has 2 N–H and O–H groups in total. The van der Waals surface area contributed by atoms with Gasteiger partial charge in [-0.25, -0.2) is 0 Å². The van der Waals surface area contributed by atoms with Gasteiger partial charge in [-0.05, 0) is 50.0 Å². The van der Waals surface area contributed by atoms with Crippen LogP contribution in [0.2, 0.25) is 0 Å². The summed E-state index contributed by atoms with van der Waals surface area (Å²) >= 11 is 0. The normalized spacial score (nSPS) is 25.3. The van der Waals surface area contributed by atoms with Gasteiger partial charge in [0.05, 0.1) is 5.92 Å². The maximum absolute atomic E-state index is 12.8. The molecule has 24 heavy (non-hydrogen) atoms. The third kappa shape index (κ3) is 2.13. The van der Waals surface area contributed by atoms with E-state index in [9.17, 15) is 4.79 Å². The molecule has 4 nitrogen and oxygen atoms in total. The summed E-state index contributed by atoms with van der Waals surface area (Å²) in [5.41, 5.74) is 4.99. The molecule has 126 valence electrons. The van der Waals surface area contributed by atoms with Crippen LogP contribution in [0.15, 0.2) is 30.5 Å². The Morgan fingerprint density at radius 1 is 1.33 bits per heavy atom. The molecule has 0 fully saturated rings. The Bertz CT molecular complexity index is 831. The van der Waals surface area contributed by atoms with Gasteiger partial charge in [0, 0.05) is 42.3 Å². The minimum absolute atomic E-state index is 0.0799. The highest BCUT2D eigenvalue weighted by molar-refractivity contribution is 6.00. The van der Waals surface area contributed by atoms with Crippen LogP contribution >= 0.6 is 0 Å². The van der Waals surface area contributed by atoms with Gasteiger partial charge in [0.2, 0.25) is 5.91 Å². The summed E-state index contributed by atoms with van der Waals surface area (Å²) in [6.45, 7) is 8.59. The van der Waals surface area contributed by atoms with Crippen LogP contribution in [-0.2, 0) is 11.2 Å². The third-order valence-corrected chi connectivity index (χ3v) is 5.69. The first-order valence-corrected chi connectivity index (χ1v) is 8.93. The highest BCUT2D eigenvalue weighted by Crippen LogP contribution is 2.43. The van der Waals surface area contributed by atoms with E-state index < -0.39 is 0 Å². The van der Waals surface area contributed by atoms with Crippen molar-refractivity contribution in [2.45, 2.75) is 32.7 Å². The Hall–Kier alpha value is -2.07. The zero-order chi connectivity index (χ0) is 16.9. The Kier molecular flexibility index (Phi) is 3.53. The highest BCUT2D eigenvalue weighted by atomic mass is 16.2. The van der Waals surface area contributed by atoms with Crippen LogP contribution in [0.1, 0.15) is 31.9 Å². The predicted molar refractivity (Wildman–Crippen MR) is 97.8 cm³/mol. The molecule has 2 heterocycles. The topological polar surface area (TPSA) is 48.1 Å². The van der Waals surface area contributed by atoms with Crippen LogP contribution in [0, 0.1) is 5.92 Å². The second-order valence-electron chi connectivity index (χ2n) is 7.13. The quantitative estimate of drug-likeness (QED) is 0.912. The monoisotopic (exact) mass is 323 g/mol. The zero-order valence-corrected chi connectivity index (χ0v) is 14.6. The Morgan fingerprint density at radius 2 is 2.12 bits per heavy atom. The van der Waals surface area contributed by atoms with E-state index in [4.69, 9.17) is 0 Å². The number of aromatic amines is 1. The van der Waals surface area contributed by atoms with E-state index in [0.29, 0.717) is 6.54 Å². The van der Waals surface area contributed by atoms with Gasteiger partial charge in [0.25, 0.3) is 0 Å². The molecule has 0 saturated heterocycles. The zero-order valence-electron chi connectivity index (χ0n) is 14.6. The van der Waals surface area contributed by atoms with Crippen LogP contribution in [-0.4, -0.2) is 41.0 Å². The summed E-state index contributed by atoms with van der Waals surface area (Å²) in [5, 5.41) is 4.99. The number of hydrogen-bond acceptors (Lipinski definition) is 2. The first-order valence-electron chi connectivity index (χ1n) is 8.93. The van der Waals surface area contributed by atoms with Gasteiger partial charge in [-0.1, -0.05) is 18.2 Å². The largest absolute Gasteiger partial charge is 0.361 e. The number of benzene rings is 1. The van der Waals surface area contributed by atoms with Crippen molar-refractivity contribution in [2.75, 3.05) is 19.6 Å². The van der Waals surface area contributed by atoms with E-state index >= 15 is 0 Å². The van der Waals surface area contributed by atoms with E-state index in [1.165, 1.54) is 27.6 Å². The number of H-pyrrole nitrogens is 1. The number of amides is 1. The number of fused-ring (bicyclic) bond motifs is 2. The molecule has 1 aromatic heterocycles. The standard InChI is InChI=1S/C20H25N3O/c1-4-23(5-2)19(24)13-9-16-15-7-6-8-17-18(15)14(11-21-17)10-20(16,3)22-12-13/h6-9,11,13,21-22H,4-5,10,12H2,1-3H3/t13?,20-/m1/s1. The van der Waals surface area contributed by atoms with Gasteiger partial charge < -0.3 is 15.2 Å². The van der Waals surface area contributed by atoms with Gasteiger partial charge in [0.15, 0.2) is 0 Å². The molecule has 0 bridgehead atoms. The van der Waals surface area contributed by atoms with Crippen LogP contribution in [0.5, 0.6) is 0 Å². The van der Waals surface area contributed by atoms with E-state index in [0.717, 1.165) is 19.5 Å². The molecule has 1 unspecified atom stereocenters. The van der Waals surface area contributed by atoms with E-state index in [2.05, 4.69) is 47.7 Å². The molecule has 0 radical (unpaired) electrons. The number of nitrogens with one attached hydrogen (secondary N) is 2. The molecule has 0 spiro atoms. The fourth-order valence-corrected chi connectivity index (χ4v) is 4.35. The second-order valence-corrected chi connectivity index (χ2v) is 7.13. The molecule has 2 aliphatic rings. The first-order chi connectivity index (χ1) is 11.6. The number of hydrogen-bond donors (Lipinski definition) is 2. The average Bonchev–Trinajstić information content (AvgIpc) is 2.99. The van der Waals surface area contributed by atoms with E-state index in [-0.39, 0.29) is 17.4 Å². The number of nitrogens with zero attached hydrogens (tertiary/aromatic N) is 1. The molecule has 1 amide bonds. The molecule has 1 aliphatic heterocycles. The predicted octanol–water partition coefficient (Wildman–Crippen LogP) is 2.95. The lowest BCUT2D eigenvalue weighted by Gasteiger charge is -2.42. The summed E-state index contributed by atoms with van der Waals surface area (Å²) in [7, 11) is 0. The lowest BCUT2D eigenvalue weighted by molar-refractivity contribution is -0.133. The van der Waals surface area contributed by atoms with Crippen molar-refractivity contribution in [1.29, 1.82) is 0 Å². The second kappa shape index (κ2) is 5.49. The third-order valence-electron chi connectivity index (χ3n) is 5.69. The van der Waals surface area contributed by atoms with Crippen molar-refractivity contribution in [1.82, 2.24) is 15.2 Å². The fraction of sp³-hybridized carbons (Fsp3) is 0.450. The summed E-state index contributed by atoms with van der Waals surface area (Å²) in [6.07, 6.45) is 5.31. The Morgan fingerprint density at radius 3 is 2.88 bits per heavy atom. The van der Waals surface area contributed by atoms with Crippen molar-refractivity contribution >= 4 is 22.4 Å². The number of rotatable bonds is 3. The summed E-state index contributed by atoms with van der Waals surface area (Å²) in [4.78, 5) is 18.1. The van der Waals surface area contributed by atoms with E-state index in [1.54, 1.807) is 0 Å². The molecule has 0 saturated carbocycles. The summed E-state index contributed by atoms with van der Waals surface area (Å²) in [5.74, 6) is 0.151. The molecule has 2 atom stereocenters. The van der Waals surface area contributed by atoms with Crippen LogP contribution in [0.25, 0.3) is 16.5 Å². The lowest BCUT2D eigenvalue weighted by atomic mass is 9.72. The first kappa shape index (κ1) is 15.5. The van der Waals surface area contributed by atoms with Gasteiger partial charge in [-0.15, -0.1) is 0 Å². The molecule has 4 rings (SSSR count). The molecule has 1 aliphatic carbocycles. The lowest BCUT2D eigenvalue weighted by Crippen LogP contribution is -2.53. The highest BCUT2D eigenvalue weighted by Gasteiger charge is 2.40. The van der Waals surface area contributed by atoms with Crippen molar-refractivity contribution in [3.63, 3.8) is 0 Å². The average molecular weight is 323 g/mol. The Balaban J connectivity index is 1.82. The smallest absolute Gasteiger partial charge is 0.230 e. The van der Waals surface area contributed by atoms with Crippen molar-refractivity contribution in [2.24, 2.45) is 5.92 Å². The Labute approximate surface area is 142 Å². The fourth-order valence-electron chi connectivity index (χ4n) is 4.35. The minimum Gasteiger partial charge on any atom is -0.361 e. The van der Waals surface area contributed by atoms with Gasteiger partial charge in [-0.2, -0.15) is 0 Å². The van der Waals surface area contributed by atoms with Crippen LogP contribution in [0.4, 0.5) is 0 Å². The van der Waals surface area contributed by atoms with Crippen molar-refractivity contribution < 1.29 is 4.79 Å². The molecule has 4 heteroatoms. The van der Waals surface area contributed by atoms with Crippen molar-refractivity contribution in [3.8, 4) is 0 Å². The summed E-state index contributed by atoms with van der Waals surface area (Å²) < 4.78 is 0. The minimum atomic E-state index is -0.0937. The van der Waals surface area contributed by atoms with Crippen molar-refractivity contribution in [3.05, 3.63) is 41.6 Å². The van der Waals surface area contributed by atoms with Gasteiger partial charge >= 0.3 is 0 Å². The molecule has 2 aromatic rings. The molecular formula is C20H25N3O. The van der Waals surface area contributed by atoms with Gasteiger partial charge in [0.1, 0.15) is 0 Å². The van der Waals surface area contributed by atoms with Gasteiger partial charge in [-0.3, -0.25) is 4.79 Å². The van der Waals surface area contributed by atoms with E-state index in [1.807, 2.05) is 18.7 Å². The number of aromatic nitrogens is 1. The van der Waals surface area contributed by atoms with Crippen LogP contribution in [0.3, 0.4) is 0 Å². The number of carbonyl (C=O) groups excluding carboxylic acids is 1. The maximum atomic E-state index is 12.8. The maximum Gasteiger partial charge on any atom is 0.230 e. The SMILES string of the molecule is CCN(CC)C(=O)C1C=C2c3cccc4[nH]cc(c34)C[C@@]2(C)NC1. The molecule has 1 aromatic carbocycles.